The lowest BCUT2D eigenvalue weighted by Crippen LogP contribution is -2.22. The van der Waals surface area contributed by atoms with Crippen LogP contribution in [0.4, 0.5) is 0 Å². The molecular weight excluding hydrogens is 234 g/mol. The van der Waals surface area contributed by atoms with E-state index in [1.807, 2.05) is 0 Å². The first-order chi connectivity index (χ1) is 9.30. The molecule has 4 atom stereocenters. The monoisotopic (exact) mass is 261 g/mol. The highest BCUT2D eigenvalue weighted by atomic mass is 15.3. The summed E-state index contributed by atoms with van der Waals surface area (Å²) in [7, 11) is 2.09. The average Bonchev–Trinajstić information content (AvgIpc) is 3.12. The van der Waals surface area contributed by atoms with Crippen LogP contribution in [0.15, 0.2) is 12.4 Å². The van der Waals surface area contributed by atoms with Gasteiger partial charge in [0.05, 0.1) is 6.20 Å². The van der Waals surface area contributed by atoms with E-state index < -0.39 is 0 Å². The van der Waals surface area contributed by atoms with E-state index in [4.69, 9.17) is 0 Å². The number of aromatic nitrogens is 2. The summed E-state index contributed by atoms with van der Waals surface area (Å²) < 4.78 is 2.08. The SMILES string of the molecule is CCCn1cc(C(CC2CC3CCC2C3)NC)cn1. The number of aryl methyl sites for hydroxylation is 1. The van der Waals surface area contributed by atoms with Crippen LogP contribution in [0.5, 0.6) is 0 Å². The highest BCUT2D eigenvalue weighted by Gasteiger charge is 2.40. The van der Waals surface area contributed by atoms with Gasteiger partial charge in [-0.25, -0.2) is 0 Å². The zero-order valence-electron chi connectivity index (χ0n) is 12.3. The maximum Gasteiger partial charge on any atom is 0.0537 e. The first kappa shape index (κ1) is 13.2. The molecule has 1 aromatic rings. The summed E-state index contributed by atoms with van der Waals surface area (Å²) in [6.07, 6.45) is 12.7. The Hall–Kier alpha value is -0.830. The number of fused-ring (bicyclic) bond motifs is 2. The van der Waals surface area contributed by atoms with Crippen molar-refractivity contribution in [3.8, 4) is 0 Å². The molecule has 0 aliphatic heterocycles. The summed E-state index contributed by atoms with van der Waals surface area (Å²) in [4.78, 5) is 0. The highest BCUT2D eigenvalue weighted by Crippen LogP contribution is 2.50. The first-order valence-electron chi connectivity index (χ1n) is 7.99. The lowest BCUT2D eigenvalue weighted by molar-refractivity contribution is 0.284. The van der Waals surface area contributed by atoms with Gasteiger partial charge in [0.1, 0.15) is 0 Å². The quantitative estimate of drug-likeness (QED) is 0.850. The number of nitrogens with one attached hydrogen (secondary N) is 1. The van der Waals surface area contributed by atoms with Gasteiger partial charge in [-0.3, -0.25) is 4.68 Å². The normalized spacial score (nSPS) is 30.9. The van der Waals surface area contributed by atoms with E-state index in [0.29, 0.717) is 6.04 Å². The second-order valence-corrected chi connectivity index (χ2v) is 6.55. The Morgan fingerprint density at radius 1 is 1.42 bits per heavy atom. The summed E-state index contributed by atoms with van der Waals surface area (Å²) in [5, 5.41) is 7.98. The first-order valence-corrected chi connectivity index (χ1v) is 7.99. The summed E-state index contributed by atoms with van der Waals surface area (Å²) >= 11 is 0. The number of nitrogens with zero attached hydrogens (tertiary/aromatic N) is 2. The van der Waals surface area contributed by atoms with E-state index in [2.05, 4.69) is 41.5 Å². The molecule has 0 aromatic carbocycles. The number of hydrogen-bond donors (Lipinski definition) is 1. The van der Waals surface area contributed by atoms with Gasteiger partial charge in [0.15, 0.2) is 0 Å². The number of hydrogen-bond acceptors (Lipinski definition) is 2. The van der Waals surface area contributed by atoms with E-state index >= 15 is 0 Å². The van der Waals surface area contributed by atoms with Crippen molar-refractivity contribution in [1.82, 2.24) is 15.1 Å². The van der Waals surface area contributed by atoms with E-state index in [9.17, 15) is 0 Å². The van der Waals surface area contributed by atoms with Crippen molar-refractivity contribution in [3.05, 3.63) is 18.0 Å². The zero-order valence-corrected chi connectivity index (χ0v) is 12.3. The topological polar surface area (TPSA) is 29.9 Å². The molecule has 3 rings (SSSR count). The summed E-state index contributed by atoms with van der Waals surface area (Å²) in [5.41, 5.74) is 1.37. The van der Waals surface area contributed by atoms with Gasteiger partial charge in [-0.2, -0.15) is 5.10 Å². The van der Waals surface area contributed by atoms with Crippen molar-refractivity contribution in [1.29, 1.82) is 0 Å². The maximum absolute atomic E-state index is 4.47. The minimum atomic E-state index is 0.495. The second kappa shape index (κ2) is 5.66. The molecule has 0 amide bonds. The second-order valence-electron chi connectivity index (χ2n) is 6.55. The van der Waals surface area contributed by atoms with Gasteiger partial charge in [-0.05, 0) is 56.9 Å². The van der Waals surface area contributed by atoms with Crippen LogP contribution in [0.3, 0.4) is 0 Å². The van der Waals surface area contributed by atoms with Gasteiger partial charge in [0.25, 0.3) is 0 Å². The van der Waals surface area contributed by atoms with Crippen molar-refractivity contribution >= 4 is 0 Å². The average molecular weight is 261 g/mol. The van der Waals surface area contributed by atoms with Crippen molar-refractivity contribution < 1.29 is 0 Å². The van der Waals surface area contributed by atoms with E-state index in [0.717, 1.165) is 30.7 Å². The fraction of sp³-hybridized carbons (Fsp3) is 0.812. The van der Waals surface area contributed by atoms with Crippen molar-refractivity contribution in [2.75, 3.05) is 7.05 Å². The van der Waals surface area contributed by atoms with Crippen LogP contribution < -0.4 is 5.32 Å². The van der Waals surface area contributed by atoms with E-state index in [1.54, 1.807) is 0 Å². The Bertz CT molecular complexity index is 412. The fourth-order valence-electron chi connectivity index (χ4n) is 4.30. The van der Waals surface area contributed by atoms with Gasteiger partial charge >= 0.3 is 0 Å². The lowest BCUT2D eigenvalue weighted by Gasteiger charge is -2.26. The van der Waals surface area contributed by atoms with Crippen LogP contribution in [0, 0.1) is 17.8 Å². The molecule has 2 bridgehead atoms. The maximum atomic E-state index is 4.47. The molecule has 2 saturated carbocycles. The molecule has 106 valence electrons. The Labute approximate surface area is 116 Å². The van der Waals surface area contributed by atoms with Gasteiger partial charge in [-0.1, -0.05) is 13.3 Å². The molecule has 0 saturated heterocycles. The van der Waals surface area contributed by atoms with Crippen LogP contribution in [0.2, 0.25) is 0 Å². The molecule has 1 heterocycles. The van der Waals surface area contributed by atoms with Crippen molar-refractivity contribution in [2.45, 2.75) is 58.0 Å². The molecule has 4 unspecified atom stereocenters. The fourth-order valence-corrected chi connectivity index (χ4v) is 4.30. The van der Waals surface area contributed by atoms with Gasteiger partial charge in [-0.15, -0.1) is 0 Å². The smallest absolute Gasteiger partial charge is 0.0537 e. The van der Waals surface area contributed by atoms with Crippen LogP contribution in [0.1, 0.15) is 57.1 Å². The van der Waals surface area contributed by atoms with Crippen molar-refractivity contribution in [3.63, 3.8) is 0 Å². The molecule has 3 nitrogen and oxygen atoms in total. The molecule has 2 aliphatic carbocycles. The van der Waals surface area contributed by atoms with Gasteiger partial charge in [0, 0.05) is 24.3 Å². The highest BCUT2D eigenvalue weighted by molar-refractivity contribution is 5.11. The predicted octanol–water partition coefficient (Wildman–Crippen LogP) is 3.38. The van der Waals surface area contributed by atoms with Gasteiger partial charge in [0.2, 0.25) is 0 Å². The van der Waals surface area contributed by atoms with Crippen LogP contribution >= 0.6 is 0 Å². The van der Waals surface area contributed by atoms with Gasteiger partial charge < -0.3 is 5.32 Å². The standard InChI is InChI=1S/C16H27N3/c1-3-6-19-11-15(10-18-19)16(17-2)9-14-8-12-4-5-13(14)7-12/h10-14,16-17H,3-9H2,1-2H3. The lowest BCUT2D eigenvalue weighted by atomic mass is 9.83. The Morgan fingerprint density at radius 2 is 2.32 bits per heavy atom. The predicted molar refractivity (Wildman–Crippen MR) is 77.9 cm³/mol. The third kappa shape index (κ3) is 2.71. The third-order valence-electron chi connectivity index (χ3n) is 5.28. The minimum Gasteiger partial charge on any atom is -0.313 e. The van der Waals surface area contributed by atoms with Crippen LogP contribution in [-0.4, -0.2) is 16.8 Å². The molecule has 3 heteroatoms. The van der Waals surface area contributed by atoms with E-state index in [-0.39, 0.29) is 0 Å². The van der Waals surface area contributed by atoms with Crippen LogP contribution in [-0.2, 0) is 6.54 Å². The summed E-state index contributed by atoms with van der Waals surface area (Å²) in [6.45, 7) is 3.23. The minimum absolute atomic E-state index is 0.495. The molecule has 2 aliphatic rings. The zero-order chi connectivity index (χ0) is 13.2. The summed E-state index contributed by atoms with van der Waals surface area (Å²) in [5.74, 6) is 3.02. The summed E-state index contributed by atoms with van der Waals surface area (Å²) in [6, 6.07) is 0.495. The largest absolute Gasteiger partial charge is 0.313 e. The third-order valence-corrected chi connectivity index (χ3v) is 5.28. The van der Waals surface area contributed by atoms with Crippen molar-refractivity contribution in [2.24, 2.45) is 17.8 Å². The molecule has 19 heavy (non-hydrogen) atoms. The molecule has 0 radical (unpaired) electrons. The molecular formula is C16H27N3. The molecule has 1 aromatic heterocycles. The number of rotatable bonds is 6. The Morgan fingerprint density at radius 3 is 2.95 bits per heavy atom. The molecule has 1 N–H and O–H groups in total. The van der Waals surface area contributed by atoms with E-state index in [1.165, 1.54) is 37.7 Å². The molecule has 2 fully saturated rings. The Balaban J connectivity index is 1.63. The van der Waals surface area contributed by atoms with Crippen LogP contribution in [0.25, 0.3) is 0 Å². The Kier molecular flexibility index (Phi) is 3.92. The molecule has 0 spiro atoms.